The van der Waals surface area contributed by atoms with E-state index in [2.05, 4.69) is 57.3 Å². The number of hydrogen-bond acceptors (Lipinski definition) is 6. The predicted molar refractivity (Wildman–Crippen MR) is 179 cm³/mol. The SMILES string of the molecule is CC(=O)Oc1cccc2c1[nH]c1c(C3=C[C@@]4(O)CC/C=C\CCCCN5CCC3[C@]3(C[C@@H]6/C=C\CCCCN6[C@H]34)C5)nccc12. The summed E-state index contributed by atoms with van der Waals surface area (Å²) in [4.78, 5) is 26.1. The quantitative estimate of drug-likeness (QED) is 0.190. The number of esters is 1. The molecule has 45 heavy (non-hydrogen) atoms. The van der Waals surface area contributed by atoms with Crippen molar-refractivity contribution in [2.45, 2.75) is 88.8 Å². The molecular formula is C38H46N4O3. The summed E-state index contributed by atoms with van der Waals surface area (Å²) in [5, 5.41) is 15.2. The van der Waals surface area contributed by atoms with Gasteiger partial charge in [-0.15, -0.1) is 0 Å². The smallest absolute Gasteiger partial charge is 0.308 e. The summed E-state index contributed by atoms with van der Waals surface area (Å²) >= 11 is 0. The lowest BCUT2D eigenvalue weighted by atomic mass is 9.54. The third-order valence-corrected chi connectivity index (χ3v) is 11.5. The molecule has 2 aromatic heterocycles. The molecule has 2 fully saturated rings. The first-order valence-electron chi connectivity index (χ1n) is 17.3. The molecule has 1 aromatic carbocycles. The van der Waals surface area contributed by atoms with Crippen LogP contribution in [0.15, 0.2) is 60.8 Å². The summed E-state index contributed by atoms with van der Waals surface area (Å²) < 4.78 is 5.62. The van der Waals surface area contributed by atoms with Crippen LogP contribution in [0.1, 0.15) is 76.8 Å². The van der Waals surface area contributed by atoms with Crippen molar-refractivity contribution in [1.82, 2.24) is 19.8 Å². The number of carbonyl (C=O) groups excluding carboxylic acids is 1. The second-order valence-corrected chi connectivity index (χ2v) is 14.3. The zero-order valence-electron chi connectivity index (χ0n) is 26.5. The zero-order chi connectivity index (χ0) is 30.6. The van der Waals surface area contributed by atoms with Crippen molar-refractivity contribution in [3.63, 3.8) is 0 Å². The predicted octanol–water partition coefficient (Wildman–Crippen LogP) is 6.78. The largest absolute Gasteiger partial charge is 0.424 e. The van der Waals surface area contributed by atoms with Crippen LogP contribution < -0.4 is 4.74 Å². The van der Waals surface area contributed by atoms with E-state index in [4.69, 9.17) is 9.72 Å². The molecule has 6 heterocycles. The van der Waals surface area contributed by atoms with Crippen molar-refractivity contribution in [3.05, 3.63) is 66.5 Å². The molecule has 236 valence electrons. The molecule has 3 bridgehead atoms. The van der Waals surface area contributed by atoms with Crippen molar-refractivity contribution in [3.8, 4) is 5.75 Å². The van der Waals surface area contributed by atoms with Crippen LogP contribution in [0.25, 0.3) is 27.4 Å². The Hall–Kier alpha value is -3.26. The van der Waals surface area contributed by atoms with Gasteiger partial charge >= 0.3 is 5.97 Å². The number of nitrogens with one attached hydrogen (secondary N) is 1. The van der Waals surface area contributed by atoms with Crippen LogP contribution in [0.3, 0.4) is 0 Å². The van der Waals surface area contributed by atoms with E-state index in [-0.39, 0.29) is 17.4 Å². The van der Waals surface area contributed by atoms with E-state index in [0.29, 0.717) is 24.1 Å². The van der Waals surface area contributed by atoms with E-state index >= 15 is 0 Å². The van der Waals surface area contributed by atoms with E-state index in [9.17, 15) is 9.90 Å². The first kappa shape index (κ1) is 29.2. The second-order valence-electron chi connectivity index (χ2n) is 14.3. The number of aromatic nitrogens is 2. The number of rotatable bonds is 2. The molecule has 0 amide bonds. The number of para-hydroxylation sites is 1. The number of fused-ring (bicyclic) bond motifs is 5. The maximum absolute atomic E-state index is 13.1. The Balaban J connectivity index is 1.34. The summed E-state index contributed by atoms with van der Waals surface area (Å²) in [5.74, 6) is 0.486. The number of carbonyl (C=O) groups is 1. The molecule has 2 N–H and O–H groups in total. The lowest BCUT2D eigenvalue weighted by molar-refractivity contribution is -0.131. The van der Waals surface area contributed by atoms with E-state index in [1.54, 1.807) is 0 Å². The van der Waals surface area contributed by atoms with Crippen molar-refractivity contribution in [2.24, 2.45) is 11.3 Å². The van der Waals surface area contributed by atoms with E-state index in [1.807, 2.05) is 18.3 Å². The van der Waals surface area contributed by atoms with Crippen LogP contribution >= 0.6 is 0 Å². The van der Waals surface area contributed by atoms with Gasteiger partial charge in [0.05, 0.1) is 28.4 Å². The van der Waals surface area contributed by atoms with E-state index < -0.39 is 5.60 Å². The molecule has 1 aliphatic carbocycles. The van der Waals surface area contributed by atoms with Gasteiger partial charge in [0.15, 0.2) is 5.75 Å². The monoisotopic (exact) mass is 606 g/mol. The average molecular weight is 607 g/mol. The Morgan fingerprint density at radius 1 is 1.00 bits per heavy atom. The normalized spacial score (nSPS) is 35.2. The first-order valence-corrected chi connectivity index (χ1v) is 17.3. The summed E-state index contributed by atoms with van der Waals surface area (Å²) in [7, 11) is 0. The van der Waals surface area contributed by atoms with Crippen LogP contribution in [-0.2, 0) is 4.79 Å². The standard InChI is InChI=1S/C38H46N4O3/c1-26(43)45-32-15-12-14-28-29-16-19-39-34(35(29)40-33(28)32)30-24-38(44)18-9-5-2-3-6-10-20-41-22-17-31(30)37(25-41)23-27-13-8-4-7-11-21-42(27)36(37)38/h2,5,8,12-16,19,24,27,31,36,40,44H,3-4,6-7,9-11,17-18,20-23,25H2,1H3/b5-2-,13-8-/t27-,31?,36+,37-,38-/m0/s1. The van der Waals surface area contributed by atoms with Gasteiger partial charge in [0.25, 0.3) is 0 Å². The number of aromatic amines is 1. The Labute approximate surface area is 266 Å². The number of piperidine rings is 1. The number of aliphatic hydroxyl groups is 1. The fourth-order valence-corrected chi connectivity index (χ4v) is 9.87. The van der Waals surface area contributed by atoms with Crippen LogP contribution in [0.2, 0.25) is 0 Å². The molecule has 4 aliphatic heterocycles. The summed E-state index contributed by atoms with van der Waals surface area (Å²) in [6, 6.07) is 8.33. The molecule has 2 unspecified atom stereocenters. The van der Waals surface area contributed by atoms with Crippen LogP contribution in [0.5, 0.6) is 5.75 Å². The third-order valence-electron chi connectivity index (χ3n) is 11.5. The van der Waals surface area contributed by atoms with Crippen LogP contribution in [0.4, 0.5) is 0 Å². The molecule has 6 atom stereocenters. The number of hydrogen-bond donors (Lipinski definition) is 2. The number of pyridine rings is 1. The highest BCUT2D eigenvalue weighted by molar-refractivity contribution is 6.11. The summed E-state index contributed by atoms with van der Waals surface area (Å²) in [6.45, 7) is 5.71. The molecule has 7 nitrogen and oxygen atoms in total. The van der Waals surface area contributed by atoms with Gasteiger partial charge in [-0.1, -0.05) is 36.4 Å². The van der Waals surface area contributed by atoms with E-state index in [1.165, 1.54) is 38.2 Å². The molecule has 0 saturated carbocycles. The summed E-state index contributed by atoms with van der Waals surface area (Å²) in [5.41, 5.74) is 2.84. The summed E-state index contributed by atoms with van der Waals surface area (Å²) in [6.07, 6.45) is 24.5. The zero-order valence-corrected chi connectivity index (χ0v) is 26.5. The van der Waals surface area contributed by atoms with Gasteiger partial charge in [0.2, 0.25) is 0 Å². The van der Waals surface area contributed by atoms with Gasteiger partial charge in [-0.25, -0.2) is 0 Å². The molecule has 8 rings (SSSR count). The maximum atomic E-state index is 13.1. The molecular weight excluding hydrogens is 560 g/mol. The molecule has 0 radical (unpaired) electrons. The number of H-pyrrole nitrogens is 1. The minimum atomic E-state index is -0.978. The van der Waals surface area contributed by atoms with E-state index in [0.717, 1.165) is 85.8 Å². The number of ether oxygens (including phenoxy) is 1. The highest BCUT2D eigenvalue weighted by atomic mass is 16.5. The minimum Gasteiger partial charge on any atom is -0.424 e. The average Bonchev–Trinajstić information content (AvgIpc) is 3.54. The number of nitrogens with zero attached hydrogens (tertiary/aromatic N) is 3. The highest BCUT2D eigenvalue weighted by Gasteiger charge is 2.65. The Bertz CT molecular complexity index is 1710. The Morgan fingerprint density at radius 3 is 2.71 bits per heavy atom. The highest BCUT2D eigenvalue weighted by Crippen LogP contribution is 2.61. The van der Waals surface area contributed by atoms with Crippen LogP contribution in [-0.4, -0.2) is 74.7 Å². The van der Waals surface area contributed by atoms with Gasteiger partial charge in [-0.05, 0) is 114 Å². The molecule has 3 aromatic rings. The van der Waals surface area contributed by atoms with Gasteiger partial charge in [0.1, 0.15) is 0 Å². The van der Waals surface area contributed by atoms with Crippen LogP contribution in [0, 0.1) is 11.3 Å². The number of allylic oxidation sites excluding steroid dienone is 4. The number of benzene rings is 1. The Kier molecular flexibility index (Phi) is 7.46. The van der Waals surface area contributed by atoms with Crippen molar-refractivity contribution >= 4 is 33.3 Å². The van der Waals surface area contributed by atoms with Gasteiger partial charge in [-0.3, -0.25) is 14.7 Å². The Morgan fingerprint density at radius 2 is 1.82 bits per heavy atom. The van der Waals surface area contributed by atoms with Crippen molar-refractivity contribution in [2.75, 3.05) is 26.2 Å². The molecule has 7 heteroatoms. The lowest BCUT2D eigenvalue weighted by Gasteiger charge is -2.58. The van der Waals surface area contributed by atoms with Gasteiger partial charge in [-0.2, -0.15) is 0 Å². The molecule has 5 aliphatic rings. The lowest BCUT2D eigenvalue weighted by Crippen LogP contribution is -2.65. The molecule has 1 spiro atoms. The first-order chi connectivity index (χ1) is 22.0. The van der Waals surface area contributed by atoms with Crippen molar-refractivity contribution < 1.29 is 14.6 Å². The van der Waals surface area contributed by atoms with Crippen molar-refractivity contribution in [1.29, 1.82) is 0 Å². The fourth-order valence-electron chi connectivity index (χ4n) is 9.87. The van der Waals surface area contributed by atoms with Gasteiger partial charge < -0.3 is 19.7 Å². The third kappa shape index (κ3) is 4.90. The minimum absolute atomic E-state index is 0.0703. The molecule has 2 saturated heterocycles. The van der Waals surface area contributed by atoms with Gasteiger partial charge in [0, 0.05) is 41.9 Å². The topological polar surface area (TPSA) is 81.7 Å². The fraction of sp³-hybridized carbons (Fsp3) is 0.526. The second kappa shape index (κ2) is 11.5. The maximum Gasteiger partial charge on any atom is 0.308 e.